The molecule has 1 N–H and O–H groups in total. The second-order valence-electron chi connectivity index (χ2n) is 5.34. The van der Waals surface area contributed by atoms with Gasteiger partial charge in [0.05, 0.1) is 25.9 Å². The Bertz CT molecular complexity index is 947. The van der Waals surface area contributed by atoms with E-state index in [-0.39, 0.29) is 22.3 Å². The number of aromatic nitrogens is 1. The van der Waals surface area contributed by atoms with E-state index in [2.05, 4.69) is 19.8 Å². The van der Waals surface area contributed by atoms with Crippen molar-refractivity contribution in [3.63, 3.8) is 0 Å². The van der Waals surface area contributed by atoms with E-state index < -0.39 is 23.7 Å². The molecule has 0 radical (unpaired) electrons. The second kappa shape index (κ2) is 9.28. The Morgan fingerprint density at radius 2 is 1.90 bits per heavy atom. The van der Waals surface area contributed by atoms with Crippen LogP contribution in [0.1, 0.15) is 5.56 Å². The number of alkyl halides is 3. The van der Waals surface area contributed by atoms with Crippen molar-refractivity contribution >= 4 is 29.2 Å². The van der Waals surface area contributed by atoms with Gasteiger partial charge in [0, 0.05) is 18.0 Å². The highest BCUT2D eigenvalue weighted by molar-refractivity contribution is 6.31. The number of halogens is 4. The maximum Gasteiger partial charge on any atom is 0.417 e. The number of nitrogens with one attached hydrogen (secondary N) is 1. The van der Waals surface area contributed by atoms with Gasteiger partial charge in [0.1, 0.15) is 16.5 Å². The summed E-state index contributed by atoms with van der Waals surface area (Å²) in [4.78, 5) is 26.8. The van der Waals surface area contributed by atoms with E-state index in [1.807, 2.05) is 0 Å². The molecule has 0 saturated carbocycles. The van der Waals surface area contributed by atoms with Crippen molar-refractivity contribution in [2.24, 2.45) is 0 Å². The van der Waals surface area contributed by atoms with Crippen molar-refractivity contribution in [2.75, 3.05) is 19.5 Å². The lowest BCUT2D eigenvalue weighted by Crippen LogP contribution is -2.15. The first-order chi connectivity index (χ1) is 13.6. The van der Waals surface area contributed by atoms with Crippen molar-refractivity contribution in [2.45, 2.75) is 6.18 Å². The number of anilines is 1. The van der Waals surface area contributed by atoms with Crippen LogP contribution in [0.3, 0.4) is 0 Å². The molecule has 0 amide bonds. The predicted octanol–water partition coefficient (Wildman–Crippen LogP) is 4.19. The van der Waals surface area contributed by atoms with Gasteiger partial charge in [-0.25, -0.2) is 14.6 Å². The first-order valence-electron chi connectivity index (χ1n) is 7.79. The van der Waals surface area contributed by atoms with Gasteiger partial charge in [-0.05, 0) is 18.2 Å². The fraction of sp³-hybridized carbons (Fsp3) is 0.167. The number of ether oxygens (including phenoxy) is 3. The van der Waals surface area contributed by atoms with Gasteiger partial charge in [-0.2, -0.15) is 13.2 Å². The van der Waals surface area contributed by atoms with Crippen molar-refractivity contribution in [1.82, 2.24) is 4.98 Å². The number of methoxy groups -OCH3 is 2. The van der Waals surface area contributed by atoms with Gasteiger partial charge in [0.25, 0.3) is 0 Å². The number of pyridine rings is 1. The standard InChI is InChI=1S/C18H14ClF3N2O5/c1-27-15(25)8-14(17(26)28-2)24-11-4-3-5-12(7-11)29-16-13(19)6-10(9-23-16)18(20,21)22/h3-9,24H,1-2H3/b14-8+. The molecular formula is C18H14ClF3N2O5. The monoisotopic (exact) mass is 430 g/mol. The van der Waals surface area contributed by atoms with Gasteiger partial charge in [0.2, 0.25) is 5.88 Å². The van der Waals surface area contributed by atoms with E-state index >= 15 is 0 Å². The highest BCUT2D eigenvalue weighted by Gasteiger charge is 2.31. The van der Waals surface area contributed by atoms with Crippen molar-refractivity contribution in [3.05, 3.63) is 58.9 Å². The Balaban J connectivity index is 2.24. The maximum atomic E-state index is 12.7. The van der Waals surface area contributed by atoms with Crippen molar-refractivity contribution in [3.8, 4) is 11.6 Å². The molecule has 2 aromatic rings. The zero-order valence-corrected chi connectivity index (χ0v) is 15.8. The van der Waals surface area contributed by atoms with Crippen LogP contribution < -0.4 is 10.1 Å². The van der Waals surface area contributed by atoms with Crippen LogP contribution >= 0.6 is 11.6 Å². The van der Waals surface area contributed by atoms with E-state index in [4.69, 9.17) is 16.3 Å². The van der Waals surface area contributed by atoms with Gasteiger partial charge < -0.3 is 19.5 Å². The Morgan fingerprint density at radius 3 is 2.48 bits per heavy atom. The lowest BCUT2D eigenvalue weighted by Gasteiger charge is -2.12. The molecule has 29 heavy (non-hydrogen) atoms. The number of carbonyl (C=O) groups is 2. The summed E-state index contributed by atoms with van der Waals surface area (Å²) in [5, 5.41) is 2.33. The minimum atomic E-state index is -4.59. The van der Waals surface area contributed by atoms with Crippen LogP contribution in [0.2, 0.25) is 5.02 Å². The Kier molecular flexibility index (Phi) is 7.05. The molecule has 0 aliphatic rings. The summed E-state index contributed by atoms with van der Waals surface area (Å²) in [6.45, 7) is 0. The van der Waals surface area contributed by atoms with Crippen LogP contribution in [0.4, 0.5) is 18.9 Å². The summed E-state index contributed by atoms with van der Waals surface area (Å²) in [5.74, 6) is -1.69. The molecule has 0 unspecified atom stereocenters. The summed E-state index contributed by atoms with van der Waals surface area (Å²) in [5.41, 5.74) is -0.908. The number of hydrogen-bond donors (Lipinski definition) is 1. The van der Waals surface area contributed by atoms with Crippen molar-refractivity contribution < 1.29 is 37.0 Å². The van der Waals surface area contributed by atoms with Gasteiger partial charge >= 0.3 is 18.1 Å². The molecule has 154 valence electrons. The average Bonchev–Trinajstić information content (AvgIpc) is 2.67. The lowest BCUT2D eigenvalue weighted by atomic mass is 10.2. The van der Waals surface area contributed by atoms with Gasteiger partial charge in [-0.3, -0.25) is 0 Å². The van der Waals surface area contributed by atoms with E-state index in [9.17, 15) is 22.8 Å². The second-order valence-corrected chi connectivity index (χ2v) is 5.74. The molecule has 11 heteroatoms. The summed E-state index contributed by atoms with van der Waals surface area (Å²) in [6, 6.07) is 6.66. The fourth-order valence-electron chi connectivity index (χ4n) is 1.99. The maximum absolute atomic E-state index is 12.7. The molecule has 7 nitrogen and oxygen atoms in total. The lowest BCUT2D eigenvalue weighted by molar-refractivity contribution is -0.138. The molecule has 0 aliphatic heterocycles. The number of rotatable bonds is 6. The Labute approximate surface area is 168 Å². The molecule has 1 aromatic carbocycles. The van der Waals surface area contributed by atoms with E-state index in [0.29, 0.717) is 18.0 Å². The summed E-state index contributed by atoms with van der Waals surface area (Å²) in [6.07, 6.45) is -3.10. The molecular weight excluding hydrogens is 417 g/mol. The normalized spacial score (nSPS) is 11.6. The number of carbonyl (C=O) groups excluding carboxylic acids is 2. The van der Waals surface area contributed by atoms with Crippen LogP contribution in [0, 0.1) is 0 Å². The number of esters is 2. The number of nitrogens with zero attached hydrogens (tertiary/aromatic N) is 1. The van der Waals surface area contributed by atoms with Crippen LogP contribution in [0.5, 0.6) is 11.6 Å². The van der Waals surface area contributed by atoms with E-state index in [1.165, 1.54) is 18.2 Å². The number of hydrogen-bond acceptors (Lipinski definition) is 7. The average molecular weight is 431 g/mol. The summed E-state index contributed by atoms with van der Waals surface area (Å²) in [7, 11) is 2.27. The Hall–Kier alpha value is -3.27. The quantitative estimate of drug-likeness (QED) is 0.543. The largest absolute Gasteiger partial charge is 0.466 e. The zero-order valence-electron chi connectivity index (χ0n) is 15.0. The fourth-order valence-corrected chi connectivity index (χ4v) is 2.20. The van der Waals surface area contributed by atoms with Gasteiger partial charge in [-0.1, -0.05) is 17.7 Å². The highest BCUT2D eigenvalue weighted by atomic mass is 35.5. The predicted molar refractivity (Wildman–Crippen MR) is 96.5 cm³/mol. The highest BCUT2D eigenvalue weighted by Crippen LogP contribution is 2.35. The SMILES string of the molecule is COC(=O)/C=C(/Nc1cccc(Oc2ncc(C(F)(F)F)cc2Cl)c1)C(=O)OC. The van der Waals surface area contributed by atoms with Crippen LogP contribution in [0.15, 0.2) is 48.3 Å². The molecule has 0 aliphatic carbocycles. The third-order valence-electron chi connectivity index (χ3n) is 3.33. The van der Waals surface area contributed by atoms with Crippen LogP contribution in [-0.2, 0) is 25.2 Å². The molecule has 0 saturated heterocycles. The molecule has 0 fully saturated rings. The topological polar surface area (TPSA) is 86.8 Å². The first kappa shape index (κ1) is 22.0. The zero-order chi connectivity index (χ0) is 21.6. The number of benzene rings is 1. The molecule has 1 aromatic heterocycles. The molecule has 0 atom stereocenters. The van der Waals surface area contributed by atoms with Crippen LogP contribution in [0.25, 0.3) is 0 Å². The minimum absolute atomic E-state index is 0.159. The molecule has 1 heterocycles. The third-order valence-corrected chi connectivity index (χ3v) is 3.60. The van der Waals surface area contributed by atoms with Crippen molar-refractivity contribution in [1.29, 1.82) is 0 Å². The van der Waals surface area contributed by atoms with E-state index in [1.54, 1.807) is 6.07 Å². The van der Waals surface area contributed by atoms with Gasteiger partial charge in [0.15, 0.2) is 0 Å². The Morgan fingerprint density at radius 1 is 1.17 bits per heavy atom. The third kappa shape index (κ3) is 6.11. The smallest absolute Gasteiger partial charge is 0.417 e. The minimum Gasteiger partial charge on any atom is -0.466 e. The van der Waals surface area contributed by atoms with Gasteiger partial charge in [-0.15, -0.1) is 0 Å². The molecule has 0 spiro atoms. The molecule has 0 bridgehead atoms. The first-order valence-corrected chi connectivity index (χ1v) is 8.17. The summed E-state index contributed by atoms with van der Waals surface area (Å²) < 4.78 is 52.5. The summed E-state index contributed by atoms with van der Waals surface area (Å²) >= 11 is 5.82. The van der Waals surface area contributed by atoms with Crippen LogP contribution in [-0.4, -0.2) is 31.1 Å². The molecule has 2 rings (SSSR count). The van der Waals surface area contributed by atoms with E-state index in [0.717, 1.165) is 20.3 Å².